The molecule has 58 heavy (non-hydrogen) atoms. The van der Waals surface area contributed by atoms with Crippen molar-refractivity contribution in [1.82, 2.24) is 9.55 Å². The Labute approximate surface area is 351 Å². The van der Waals surface area contributed by atoms with Crippen LogP contribution in [0.15, 0.2) is 77.8 Å². The Balaban J connectivity index is 1.42. The summed E-state index contributed by atoms with van der Waals surface area (Å²) in [5.41, 5.74) is 12.6. The van der Waals surface area contributed by atoms with E-state index in [1.54, 1.807) is 0 Å². The molecule has 2 atom stereocenters. The molecule has 6 aromatic rings. The van der Waals surface area contributed by atoms with Crippen LogP contribution in [0, 0.1) is 33.1 Å². The van der Waals surface area contributed by atoms with Crippen molar-refractivity contribution in [2.75, 3.05) is 0 Å². The second kappa shape index (κ2) is 12.7. The quantitative estimate of drug-likeness (QED) is 0.180. The summed E-state index contributed by atoms with van der Waals surface area (Å²) in [6, 6.07) is 26.9. The van der Waals surface area contributed by atoms with E-state index in [9.17, 15) is 2.74 Å². The van der Waals surface area contributed by atoms with E-state index < -0.39 is 22.9 Å². The van der Waals surface area contributed by atoms with Crippen molar-refractivity contribution < 1.29 is 7.48 Å². The van der Waals surface area contributed by atoms with Gasteiger partial charge in [-0.15, -0.1) is 0 Å². The van der Waals surface area contributed by atoms with E-state index in [0.29, 0.717) is 11.5 Å². The number of ether oxygens (including phenoxy) is 1. The van der Waals surface area contributed by atoms with Gasteiger partial charge in [0.1, 0.15) is 11.1 Å². The Kier molecular flexibility index (Phi) is 8.19. The van der Waals surface area contributed by atoms with Gasteiger partial charge in [0.15, 0.2) is 0 Å². The molecule has 0 saturated carbocycles. The van der Waals surface area contributed by atoms with E-state index in [-0.39, 0.29) is 16.2 Å². The first kappa shape index (κ1) is 37.6. The molecule has 4 nitrogen and oxygen atoms in total. The van der Waals surface area contributed by atoms with Gasteiger partial charge in [-0.05, 0) is 139 Å². The topological polar surface area (TPSA) is 39.4 Å². The van der Waals surface area contributed by atoms with Crippen LogP contribution >= 0.6 is 0 Å². The highest BCUT2D eigenvalue weighted by molar-refractivity contribution is 6.11. The molecule has 0 saturated heterocycles. The fourth-order valence-corrected chi connectivity index (χ4v) is 9.28. The highest BCUT2D eigenvalue weighted by atomic mass is 16.5. The summed E-state index contributed by atoms with van der Waals surface area (Å²) in [6.45, 7) is 37.2. The third kappa shape index (κ3) is 6.15. The van der Waals surface area contributed by atoms with Gasteiger partial charge in [-0.1, -0.05) is 107 Å². The van der Waals surface area contributed by atoms with Crippen LogP contribution < -0.4 is 0 Å². The maximum absolute atomic E-state index is 9.90. The smallest absolute Gasteiger partial charge is 0.217 e. The summed E-state index contributed by atoms with van der Waals surface area (Å²) >= 11 is 0. The minimum Gasteiger partial charge on any atom is -0.467 e. The maximum atomic E-state index is 9.90. The summed E-state index contributed by atoms with van der Waals surface area (Å²) in [5, 5.41) is 2.40. The lowest BCUT2D eigenvalue weighted by molar-refractivity contribution is -0.0673. The molecule has 0 unspecified atom stereocenters. The van der Waals surface area contributed by atoms with Crippen molar-refractivity contribution in [3.63, 3.8) is 0 Å². The number of rotatable bonds is 3. The summed E-state index contributed by atoms with van der Waals surface area (Å²) in [5.74, 6) is 0.485. The van der Waals surface area contributed by atoms with Gasteiger partial charge in [0, 0.05) is 53.2 Å². The average molecular weight is 774 g/mol. The molecule has 0 amide bonds. The first-order chi connectivity index (χ1) is 27.5. The molecule has 0 spiro atoms. The molecular weight excluding hydrogens is 707 g/mol. The lowest BCUT2D eigenvalue weighted by atomic mass is 9.66. The molecule has 2 aliphatic rings. The van der Waals surface area contributed by atoms with E-state index in [1.807, 2.05) is 6.07 Å². The zero-order valence-corrected chi connectivity index (χ0v) is 38.2. The molecule has 0 radical (unpaired) electrons. The first-order valence-electron chi connectivity index (χ1n) is 22.2. The number of aryl methyl sites for hydroxylation is 4. The SMILES string of the molecule is [2H]C1([2H])c2cc(C)c(C)cc2[C@@]2(C)N=C(c3cc(-n4c5ccc(C)cc5c5cc(C)c(-c6cc(C(C)(C)C)cc(C(C)(C)C)n6)cc54)cc(C(C)(C)C)c3)O[C@@]12C(C)(C)C. The molecule has 1 aliphatic carbocycles. The Morgan fingerprint density at radius 1 is 0.655 bits per heavy atom. The van der Waals surface area contributed by atoms with Gasteiger partial charge >= 0.3 is 0 Å². The van der Waals surface area contributed by atoms with Gasteiger partial charge < -0.3 is 9.30 Å². The van der Waals surface area contributed by atoms with Crippen LogP contribution in [-0.4, -0.2) is 21.0 Å². The minimum atomic E-state index is -1.81. The highest BCUT2D eigenvalue weighted by Crippen LogP contribution is 2.60. The summed E-state index contributed by atoms with van der Waals surface area (Å²) < 4.78 is 29.5. The van der Waals surface area contributed by atoms with Crippen LogP contribution in [0.4, 0.5) is 0 Å². The van der Waals surface area contributed by atoms with Crippen LogP contribution in [0.1, 0.15) is 149 Å². The lowest BCUT2D eigenvalue weighted by Crippen LogP contribution is -2.54. The number of fused-ring (bicyclic) bond motifs is 6. The number of hydrogen-bond donors (Lipinski definition) is 0. The second-order valence-electron chi connectivity index (χ2n) is 21.8. The summed E-state index contributed by atoms with van der Waals surface area (Å²) in [4.78, 5) is 10.9. The Morgan fingerprint density at radius 2 is 1.29 bits per heavy atom. The molecule has 0 fully saturated rings. The first-order valence-corrected chi connectivity index (χ1v) is 21.2. The normalized spacial score (nSPS) is 21.2. The molecule has 0 bridgehead atoms. The van der Waals surface area contributed by atoms with Crippen molar-refractivity contribution in [1.29, 1.82) is 0 Å². The molecule has 4 heteroatoms. The zero-order valence-electron chi connectivity index (χ0n) is 40.2. The zero-order chi connectivity index (χ0) is 44.1. The third-order valence-electron chi connectivity index (χ3n) is 13.1. The molecule has 302 valence electrons. The number of hydrogen-bond acceptors (Lipinski definition) is 3. The van der Waals surface area contributed by atoms with Gasteiger partial charge in [0.05, 0.1) is 16.7 Å². The number of aromatic nitrogens is 2. The predicted octanol–water partition coefficient (Wildman–Crippen LogP) is 14.0. The summed E-state index contributed by atoms with van der Waals surface area (Å²) in [6.07, 6.45) is -1.81. The Bertz CT molecular complexity index is 2780. The molecule has 1 aliphatic heterocycles. The molecule has 0 N–H and O–H groups in total. The van der Waals surface area contributed by atoms with Crippen molar-refractivity contribution >= 4 is 27.7 Å². The van der Waals surface area contributed by atoms with Gasteiger partial charge in [-0.2, -0.15) is 0 Å². The number of aliphatic imine (C=N–C) groups is 1. The largest absolute Gasteiger partial charge is 0.467 e. The van der Waals surface area contributed by atoms with E-state index >= 15 is 0 Å². The summed E-state index contributed by atoms with van der Waals surface area (Å²) in [7, 11) is 0. The highest BCUT2D eigenvalue weighted by Gasteiger charge is 2.66. The molecular formula is C54H65N3O. The molecule has 4 aromatic carbocycles. The van der Waals surface area contributed by atoms with Crippen molar-refractivity contribution in [2.45, 2.75) is 151 Å². The van der Waals surface area contributed by atoms with Gasteiger partial charge in [0.25, 0.3) is 0 Å². The third-order valence-corrected chi connectivity index (χ3v) is 13.1. The van der Waals surface area contributed by atoms with Crippen LogP contribution in [0.3, 0.4) is 0 Å². The second-order valence-corrected chi connectivity index (χ2v) is 21.8. The van der Waals surface area contributed by atoms with E-state index in [2.05, 4.69) is 189 Å². The van der Waals surface area contributed by atoms with E-state index in [4.69, 9.17) is 14.7 Å². The number of benzene rings is 4. The van der Waals surface area contributed by atoms with Crippen LogP contribution in [0.5, 0.6) is 0 Å². The van der Waals surface area contributed by atoms with Crippen LogP contribution in [0.25, 0.3) is 38.8 Å². The van der Waals surface area contributed by atoms with Crippen LogP contribution in [-0.2, 0) is 32.9 Å². The van der Waals surface area contributed by atoms with Crippen molar-refractivity contribution in [3.05, 3.63) is 129 Å². The van der Waals surface area contributed by atoms with Crippen molar-refractivity contribution in [2.24, 2.45) is 10.4 Å². The molecule has 8 rings (SSSR count). The fraction of sp³-hybridized carbons (Fsp3) is 0.444. The number of pyridine rings is 1. The van der Waals surface area contributed by atoms with Gasteiger partial charge in [0.2, 0.25) is 5.90 Å². The van der Waals surface area contributed by atoms with Gasteiger partial charge in [-0.25, -0.2) is 4.99 Å². The molecule has 2 aromatic heterocycles. The monoisotopic (exact) mass is 774 g/mol. The van der Waals surface area contributed by atoms with E-state index in [0.717, 1.165) is 61.5 Å². The maximum Gasteiger partial charge on any atom is 0.217 e. The standard InChI is InChI=1S/C54H65N3O/c1-31-18-19-45-41(20-31)42-22-34(4)40(44-27-38(50(8,9)10)28-47(55-44)51(11,12)13)29-46(42)57(45)39-25-35(24-37(26-39)49(5,6)7)48-56-53(17)43-23-33(3)32(2)21-36(43)30-54(53,58-48)52(14,15)16/h18-29H,30H2,1-17H3/t53-,54-/m1/s1/i30D2. The van der Waals surface area contributed by atoms with Gasteiger partial charge in [-0.3, -0.25) is 4.98 Å². The Hall–Kier alpha value is -4.70. The van der Waals surface area contributed by atoms with E-state index in [1.165, 1.54) is 27.5 Å². The minimum absolute atomic E-state index is 0.0441. The van der Waals surface area contributed by atoms with Crippen LogP contribution in [0.2, 0.25) is 0 Å². The average Bonchev–Trinajstić information content (AvgIpc) is 3.67. The predicted molar refractivity (Wildman–Crippen MR) is 246 cm³/mol. The Morgan fingerprint density at radius 3 is 1.93 bits per heavy atom. The molecule has 3 heterocycles. The lowest BCUT2D eigenvalue weighted by Gasteiger charge is -2.45. The van der Waals surface area contributed by atoms with Crippen molar-refractivity contribution in [3.8, 4) is 16.9 Å². The number of nitrogens with zero attached hydrogens (tertiary/aromatic N) is 3. The fourth-order valence-electron chi connectivity index (χ4n) is 9.28.